The molecule has 8 nitrogen and oxygen atoms in total. The molecule has 0 saturated heterocycles. The van der Waals surface area contributed by atoms with Crippen LogP contribution in [0.15, 0.2) is 30.7 Å². The molecule has 0 unspecified atom stereocenters. The van der Waals surface area contributed by atoms with Crippen LogP contribution in [-0.4, -0.2) is 25.9 Å². The molecule has 0 spiro atoms. The van der Waals surface area contributed by atoms with E-state index in [9.17, 15) is 10.1 Å². The van der Waals surface area contributed by atoms with Gasteiger partial charge in [-0.15, -0.1) is 0 Å². The van der Waals surface area contributed by atoms with E-state index < -0.39 is 4.92 Å². The summed E-state index contributed by atoms with van der Waals surface area (Å²) in [6, 6.07) is 5.24. The zero-order valence-corrected chi connectivity index (χ0v) is 11.1. The van der Waals surface area contributed by atoms with Crippen molar-refractivity contribution in [1.29, 1.82) is 0 Å². The van der Waals surface area contributed by atoms with Gasteiger partial charge in [-0.25, -0.2) is 15.0 Å². The van der Waals surface area contributed by atoms with E-state index in [4.69, 9.17) is 0 Å². The Hall–Kier alpha value is -2.77. The molecule has 0 radical (unpaired) electrons. The summed E-state index contributed by atoms with van der Waals surface area (Å²) in [4.78, 5) is 22.6. The largest absolute Gasteiger partial charge is 0.362 e. The molecule has 2 aromatic heterocycles. The van der Waals surface area contributed by atoms with Gasteiger partial charge in [-0.2, -0.15) is 0 Å². The Morgan fingerprint density at radius 3 is 2.55 bits per heavy atom. The van der Waals surface area contributed by atoms with Crippen molar-refractivity contribution in [2.24, 2.45) is 0 Å². The maximum atomic E-state index is 11.2. The molecule has 0 aliphatic carbocycles. The lowest BCUT2D eigenvalue weighted by atomic mass is 10.3. The fourth-order valence-electron chi connectivity index (χ4n) is 1.58. The van der Waals surface area contributed by atoms with Gasteiger partial charge in [-0.3, -0.25) is 10.1 Å². The Labute approximate surface area is 115 Å². The highest BCUT2D eigenvalue weighted by Gasteiger charge is 2.23. The number of anilines is 3. The third-order valence-corrected chi connectivity index (χ3v) is 2.34. The minimum absolute atomic E-state index is 0.0197. The number of pyridine rings is 1. The summed E-state index contributed by atoms with van der Waals surface area (Å²) >= 11 is 0. The standard InChI is InChI=1S/C12H14N6O2/c1-8(2)16-11-10(18(19)20)12(15-7-14-11)17-9-5-3-4-6-13-9/h3-8H,1-2H3,(H2,13,14,15,16,17). The van der Waals surface area contributed by atoms with Crippen molar-refractivity contribution in [3.63, 3.8) is 0 Å². The van der Waals surface area contributed by atoms with Crippen molar-refractivity contribution < 1.29 is 4.92 Å². The lowest BCUT2D eigenvalue weighted by molar-refractivity contribution is -0.383. The quantitative estimate of drug-likeness (QED) is 0.636. The third-order valence-electron chi connectivity index (χ3n) is 2.34. The summed E-state index contributed by atoms with van der Waals surface area (Å²) in [5.41, 5.74) is -0.202. The van der Waals surface area contributed by atoms with Crippen LogP contribution in [0.2, 0.25) is 0 Å². The highest BCUT2D eigenvalue weighted by Crippen LogP contribution is 2.30. The van der Waals surface area contributed by atoms with Crippen LogP contribution < -0.4 is 10.6 Å². The molecule has 0 fully saturated rings. The minimum Gasteiger partial charge on any atom is -0.362 e. The van der Waals surface area contributed by atoms with Gasteiger partial charge in [0.2, 0.25) is 11.6 Å². The third kappa shape index (κ3) is 3.16. The molecule has 0 atom stereocenters. The Balaban J connectivity index is 2.39. The Morgan fingerprint density at radius 2 is 1.95 bits per heavy atom. The number of hydrogen-bond acceptors (Lipinski definition) is 7. The van der Waals surface area contributed by atoms with Gasteiger partial charge in [0.1, 0.15) is 12.1 Å². The molecule has 2 rings (SSSR count). The molecule has 2 aromatic rings. The molecule has 0 saturated carbocycles. The highest BCUT2D eigenvalue weighted by molar-refractivity contribution is 5.72. The lowest BCUT2D eigenvalue weighted by Gasteiger charge is -2.11. The highest BCUT2D eigenvalue weighted by atomic mass is 16.6. The number of aromatic nitrogens is 3. The molecule has 0 amide bonds. The average molecular weight is 274 g/mol. The van der Waals surface area contributed by atoms with Crippen LogP contribution >= 0.6 is 0 Å². The van der Waals surface area contributed by atoms with Crippen molar-refractivity contribution in [2.75, 3.05) is 10.6 Å². The SMILES string of the molecule is CC(C)Nc1ncnc(Nc2ccccn2)c1[N+](=O)[O-]. The first-order chi connectivity index (χ1) is 9.58. The first-order valence-electron chi connectivity index (χ1n) is 6.02. The van der Waals surface area contributed by atoms with Crippen LogP contribution in [0.4, 0.5) is 23.1 Å². The first-order valence-corrected chi connectivity index (χ1v) is 6.02. The van der Waals surface area contributed by atoms with E-state index in [1.54, 1.807) is 24.4 Å². The van der Waals surface area contributed by atoms with Gasteiger partial charge >= 0.3 is 5.69 Å². The maximum absolute atomic E-state index is 11.2. The van der Waals surface area contributed by atoms with Crippen LogP contribution in [0.3, 0.4) is 0 Å². The maximum Gasteiger partial charge on any atom is 0.353 e. The minimum atomic E-state index is -0.518. The van der Waals surface area contributed by atoms with Crippen molar-refractivity contribution in [1.82, 2.24) is 15.0 Å². The van der Waals surface area contributed by atoms with Crippen LogP contribution in [0.25, 0.3) is 0 Å². The molecule has 2 N–H and O–H groups in total. The molecule has 2 heterocycles. The predicted octanol–water partition coefficient (Wildman–Crippen LogP) is 2.34. The Morgan fingerprint density at radius 1 is 1.20 bits per heavy atom. The second kappa shape index (κ2) is 5.91. The monoisotopic (exact) mass is 274 g/mol. The number of nitrogens with one attached hydrogen (secondary N) is 2. The number of hydrogen-bond donors (Lipinski definition) is 2. The van der Waals surface area contributed by atoms with Gasteiger partial charge in [-0.1, -0.05) is 6.07 Å². The Kier molecular flexibility index (Phi) is 4.04. The molecule has 20 heavy (non-hydrogen) atoms. The molecule has 0 aromatic carbocycles. The molecular weight excluding hydrogens is 260 g/mol. The smallest absolute Gasteiger partial charge is 0.353 e. The predicted molar refractivity (Wildman–Crippen MR) is 75.0 cm³/mol. The van der Waals surface area contributed by atoms with Crippen molar-refractivity contribution in [3.8, 4) is 0 Å². The summed E-state index contributed by atoms with van der Waals surface area (Å²) in [7, 11) is 0. The van der Waals surface area contributed by atoms with Crippen LogP contribution in [0.1, 0.15) is 13.8 Å². The van der Waals surface area contributed by atoms with Gasteiger partial charge in [0.15, 0.2) is 0 Å². The fraction of sp³-hybridized carbons (Fsp3) is 0.250. The zero-order chi connectivity index (χ0) is 14.5. The van der Waals surface area contributed by atoms with E-state index in [2.05, 4.69) is 25.6 Å². The first kappa shape index (κ1) is 13.7. The number of rotatable bonds is 5. The average Bonchev–Trinajstić information content (AvgIpc) is 2.39. The summed E-state index contributed by atoms with van der Waals surface area (Å²) in [5.74, 6) is 0.759. The second-order valence-corrected chi connectivity index (χ2v) is 4.32. The fourth-order valence-corrected chi connectivity index (χ4v) is 1.58. The van der Waals surface area contributed by atoms with E-state index in [1.807, 2.05) is 13.8 Å². The van der Waals surface area contributed by atoms with Gasteiger partial charge in [0.05, 0.1) is 4.92 Å². The van der Waals surface area contributed by atoms with Gasteiger partial charge in [-0.05, 0) is 26.0 Å². The van der Waals surface area contributed by atoms with E-state index in [-0.39, 0.29) is 23.4 Å². The van der Waals surface area contributed by atoms with Crippen LogP contribution in [0.5, 0.6) is 0 Å². The van der Waals surface area contributed by atoms with E-state index in [1.165, 1.54) is 6.33 Å². The lowest BCUT2D eigenvalue weighted by Crippen LogP contribution is -2.14. The van der Waals surface area contributed by atoms with Crippen molar-refractivity contribution in [3.05, 3.63) is 40.8 Å². The molecular formula is C12H14N6O2. The normalized spacial score (nSPS) is 10.3. The summed E-state index contributed by atoms with van der Waals surface area (Å²) in [6.45, 7) is 3.75. The van der Waals surface area contributed by atoms with Gasteiger partial charge in [0, 0.05) is 12.2 Å². The molecule has 0 bridgehead atoms. The van der Waals surface area contributed by atoms with Crippen LogP contribution in [0, 0.1) is 10.1 Å². The van der Waals surface area contributed by atoms with Crippen molar-refractivity contribution in [2.45, 2.75) is 19.9 Å². The summed E-state index contributed by atoms with van der Waals surface area (Å²) < 4.78 is 0. The molecule has 104 valence electrons. The van der Waals surface area contributed by atoms with Crippen LogP contribution in [-0.2, 0) is 0 Å². The second-order valence-electron chi connectivity index (χ2n) is 4.32. The Bertz CT molecular complexity index is 602. The topological polar surface area (TPSA) is 106 Å². The van der Waals surface area contributed by atoms with Crippen molar-refractivity contribution >= 4 is 23.1 Å². The molecule has 0 aliphatic rings. The molecule has 8 heteroatoms. The molecule has 0 aliphatic heterocycles. The zero-order valence-electron chi connectivity index (χ0n) is 11.1. The summed E-state index contributed by atoms with van der Waals surface area (Å²) in [6.07, 6.45) is 2.85. The number of nitrogens with zero attached hydrogens (tertiary/aromatic N) is 4. The van der Waals surface area contributed by atoms with E-state index >= 15 is 0 Å². The number of nitro groups is 1. The van der Waals surface area contributed by atoms with Gasteiger partial charge in [0.25, 0.3) is 0 Å². The summed E-state index contributed by atoms with van der Waals surface area (Å²) in [5, 5.41) is 17.0. The van der Waals surface area contributed by atoms with E-state index in [0.29, 0.717) is 5.82 Å². The van der Waals surface area contributed by atoms with Gasteiger partial charge < -0.3 is 10.6 Å². The van der Waals surface area contributed by atoms with E-state index in [0.717, 1.165) is 0 Å².